The van der Waals surface area contributed by atoms with Gasteiger partial charge in [-0.25, -0.2) is 4.57 Å². The first-order valence-corrected chi connectivity index (χ1v) is 6.63. The molecule has 0 radical (unpaired) electrons. The maximum absolute atomic E-state index is 12.2. The highest BCUT2D eigenvalue weighted by Crippen LogP contribution is 2.32. The van der Waals surface area contributed by atoms with Gasteiger partial charge in [0.2, 0.25) is 5.88 Å². The minimum Gasteiger partial charge on any atom is -0.494 e. The van der Waals surface area contributed by atoms with E-state index < -0.39 is 0 Å². The average Bonchev–Trinajstić information content (AvgIpc) is 2.43. The summed E-state index contributed by atoms with van der Waals surface area (Å²) in [5, 5.41) is 12.2. The van der Waals surface area contributed by atoms with Gasteiger partial charge >= 0.3 is 0 Å². The molecule has 5 heteroatoms. The number of halogens is 2. The Hall–Kier alpha value is -1.97. The Labute approximate surface area is 124 Å². The van der Waals surface area contributed by atoms with Crippen LogP contribution in [0.15, 0.2) is 53.3 Å². The van der Waals surface area contributed by atoms with Gasteiger partial charge in [0.05, 0.1) is 15.7 Å². The van der Waals surface area contributed by atoms with Gasteiger partial charge in [0.1, 0.15) is 0 Å². The molecule has 0 aliphatic carbocycles. The van der Waals surface area contributed by atoms with E-state index in [9.17, 15) is 9.90 Å². The van der Waals surface area contributed by atoms with Gasteiger partial charge in [0, 0.05) is 11.5 Å². The van der Waals surface area contributed by atoms with E-state index in [0.29, 0.717) is 21.5 Å². The molecule has 1 aromatic heterocycles. The van der Waals surface area contributed by atoms with Crippen molar-refractivity contribution in [2.24, 2.45) is 0 Å². The number of pyridine rings is 1. The monoisotopic (exact) mass is 305 g/mol. The molecule has 0 saturated heterocycles. The summed E-state index contributed by atoms with van der Waals surface area (Å²) in [6.07, 6.45) is 0. The fraction of sp³-hybridized carbons (Fsp3) is 0. The van der Waals surface area contributed by atoms with Crippen molar-refractivity contribution in [2.45, 2.75) is 0 Å². The van der Waals surface area contributed by atoms with Crippen molar-refractivity contribution < 1.29 is 5.11 Å². The number of aromatic nitrogens is 1. The maximum Gasteiger partial charge on any atom is 0.258 e. The molecule has 3 nitrogen and oxygen atoms in total. The van der Waals surface area contributed by atoms with Crippen molar-refractivity contribution in [1.29, 1.82) is 0 Å². The van der Waals surface area contributed by atoms with Crippen LogP contribution in [-0.2, 0) is 0 Å². The van der Waals surface area contributed by atoms with Crippen LogP contribution in [-0.4, -0.2) is 9.67 Å². The molecule has 0 fully saturated rings. The molecular formula is C15H9Cl2NO2. The van der Waals surface area contributed by atoms with Crippen molar-refractivity contribution in [3.05, 3.63) is 68.9 Å². The molecule has 3 rings (SSSR count). The van der Waals surface area contributed by atoms with Crippen LogP contribution in [0.1, 0.15) is 0 Å². The first kappa shape index (κ1) is 13.0. The number of fused-ring (bicyclic) bond motifs is 1. The van der Waals surface area contributed by atoms with Crippen LogP contribution in [0.3, 0.4) is 0 Å². The zero-order chi connectivity index (χ0) is 14.3. The van der Waals surface area contributed by atoms with E-state index >= 15 is 0 Å². The third-order valence-corrected chi connectivity index (χ3v) is 3.89. The summed E-state index contributed by atoms with van der Waals surface area (Å²) in [4.78, 5) is 12.2. The third kappa shape index (κ3) is 1.96. The van der Waals surface area contributed by atoms with Crippen LogP contribution in [0.4, 0.5) is 0 Å². The zero-order valence-corrected chi connectivity index (χ0v) is 11.7. The molecule has 0 unspecified atom stereocenters. The summed E-state index contributed by atoms with van der Waals surface area (Å²) in [6.45, 7) is 0. The van der Waals surface area contributed by atoms with Gasteiger partial charge in [0.15, 0.2) is 0 Å². The first-order chi connectivity index (χ1) is 9.59. The SMILES string of the molecule is O=c1cc2ccccc2c(O)n1-c1cccc(Cl)c1Cl. The molecule has 20 heavy (non-hydrogen) atoms. The lowest BCUT2D eigenvalue weighted by atomic mass is 10.1. The molecular weight excluding hydrogens is 297 g/mol. The van der Waals surface area contributed by atoms with Crippen LogP contribution in [0.25, 0.3) is 16.5 Å². The van der Waals surface area contributed by atoms with Crippen molar-refractivity contribution >= 4 is 34.0 Å². The number of hydrogen-bond donors (Lipinski definition) is 1. The molecule has 1 heterocycles. The highest BCUT2D eigenvalue weighted by molar-refractivity contribution is 6.43. The molecule has 0 aliphatic rings. The zero-order valence-electron chi connectivity index (χ0n) is 10.2. The molecule has 100 valence electrons. The van der Waals surface area contributed by atoms with E-state index in [-0.39, 0.29) is 16.5 Å². The molecule has 3 aromatic rings. The summed E-state index contributed by atoms with van der Waals surface area (Å²) in [7, 11) is 0. The lowest BCUT2D eigenvalue weighted by Gasteiger charge is -2.12. The normalized spacial score (nSPS) is 10.9. The van der Waals surface area contributed by atoms with E-state index in [4.69, 9.17) is 23.2 Å². The largest absolute Gasteiger partial charge is 0.494 e. The molecule has 1 N–H and O–H groups in total. The molecule has 0 spiro atoms. The Morgan fingerprint density at radius 3 is 2.55 bits per heavy atom. The first-order valence-electron chi connectivity index (χ1n) is 5.88. The molecule has 0 bridgehead atoms. The van der Waals surface area contributed by atoms with Crippen LogP contribution in [0.5, 0.6) is 5.88 Å². The van der Waals surface area contributed by atoms with E-state index in [0.717, 1.165) is 4.57 Å². The van der Waals surface area contributed by atoms with E-state index in [1.165, 1.54) is 6.07 Å². The van der Waals surface area contributed by atoms with Gasteiger partial charge < -0.3 is 5.11 Å². The smallest absolute Gasteiger partial charge is 0.258 e. The Balaban J connectivity index is 2.43. The second-order valence-electron chi connectivity index (χ2n) is 4.30. The number of hydrogen-bond acceptors (Lipinski definition) is 2. The molecule has 2 aromatic carbocycles. The maximum atomic E-state index is 12.2. The Kier molecular flexibility index (Phi) is 3.16. The summed E-state index contributed by atoms with van der Waals surface area (Å²) < 4.78 is 1.15. The van der Waals surface area contributed by atoms with E-state index in [2.05, 4.69) is 0 Å². The van der Waals surface area contributed by atoms with Gasteiger partial charge in [-0.15, -0.1) is 0 Å². The predicted octanol–water partition coefficient (Wildman–Crippen LogP) is 4.00. The molecule has 0 aliphatic heterocycles. The van der Waals surface area contributed by atoms with Gasteiger partial charge in [-0.05, 0) is 23.6 Å². The molecule has 0 amide bonds. The molecule has 0 atom stereocenters. The van der Waals surface area contributed by atoms with E-state index in [1.807, 2.05) is 0 Å². The van der Waals surface area contributed by atoms with Gasteiger partial charge in [0.25, 0.3) is 5.56 Å². The highest BCUT2D eigenvalue weighted by atomic mass is 35.5. The van der Waals surface area contributed by atoms with Crippen molar-refractivity contribution in [3.63, 3.8) is 0 Å². The second-order valence-corrected chi connectivity index (χ2v) is 5.09. The van der Waals surface area contributed by atoms with Crippen LogP contribution in [0.2, 0.25) is 10.0 Å². The van der Waals surface area contributed by atoms with Crippen molar-refractivity contribution in [1.82, 2.24) is 4.57 Å². The standard InChI is InChI=1S/C15H9Cl2NO2/c16-11-6-3-7-12(14(11)17)18-13(19)8-9-4-1-2-5-10(9)15(18)20/h1-8,20H. The lowest BCUT2D eigenvalue weighted by Crippen LogP contribution is -2.17. The highest BCUT2D eigenvalue weighted by Gasteiger charge is 2.14. The fourth-order valence-electron chi connectivity index (χ4n) is 2.15. The fourth-order valence-corrected chi connectivity index (χ4v) is 2.53. The quantitative estimate of drug-likeness (QED) is 0.738. The Bertz CT molecular complexity index is 871. The third-order valence-electron chi connectivity index (χ3n) is 3.08. The summed E-state index contributed by atoms with van der Waals surface area (Å²) in [5.41, 5.74) is -0.0159. The summed E-state index contributed by atoms with van der Waals surface area (Å²) in [5.74, 6) is -0.155. The number of benzene rings is 2. The Morgan fingerprint density at radius 2 is 1.75 bits per heavy atom. The lowest BCUT2D eigenvalue weighted by molar-refractivity contribution is 0.443. The average molecular weight is 306 g/mol. The number of aromatic hydroxyl groups is 1. The topological polar surface area (TPSA) is 42.2 Å². The van der Waals surface area contributed by atoms with Gasteiger partial charge in [-0.3, -0.25) is 4.79 Å². The predicted molar refractivity (Wildman–Crippen MR) is 81.2 cm³/mol. The minimum absolute atomic E-state index is 0.155. The summed E-state index contributed by atoms with van der Waals surface area (Å²) >= 11 is 12.1. The number of nitrogens with zero attached hydrogens (tertiary/aromatic N) is 1. The van der Waals surface area contributed by atoms with Crippen LogP contribution in [0, 0.1) is 0 Å². The second kappa shape index (κ2) is 4.85. The van der Waals surface area contributed by atoms with Crippen LogP contribution >= 0.6 is 23.2 Å². The van der Waals surface area contributed by atoms with Gasteiger partial charge in [-0.1, -0.05) is 47.5 Å². The van der Waals surface area contributed by atoms with Crippen molar-refractivity contribution in [3.8, 4) is 11.6 Å². The summed E-state index contributed by atoms with van der Waals surface area (Å²) in [6, 6.07) is 13.5. The molecule has 0 saturated carbocycles. The van der Waals surface area contributed by atoms with E-state index in [1.54, 1.807) is 42.5 Å². The van der Waals surface area contributed by atoms with Gasteiger partial charge in [-0.2, -0.15) is 0 Å². The van der Waals surface area contributed by atoms with Crippen LogP contribution < -0.4 is 5.56 Å². The minimum atomic E-state index is -0.370. The number of rotatable bonds is 1. The van der Waals surface area contributed by atoms with Crippen molar-refractivity contribution in [2.75, 3.05) is 0 Å². The Morgan fingerprint density at radius 1 is 1.00 bits per heavy atom.